The molecule has 0 aliphatic carbocycles. The highest BCUT2D eigenvalue weighted by Gasteiger charge is 2.22. The van der Waals surface area contributed by atoms with E-state index in [4.69, 9.17) is 11.6 Å². The van der Waals surface area contributed by atoms with Crippen LogP contribution in [0.4, 0.5) is 0 Å². The van der Waals surface area contributed by atoms with Gasteiger partial charge in [0, 0.05) is 10.9 Å². The molecule has 3 aromatic carbocycles. The number of aliphatic hydroxyl groups is 1. The molecule has 0 saturated heterocycles. The fourth-order valence-corrected chi connectivity index (χ4v) is 3.02. The molecule has 0 aromatic heterocycles. The molecule has 1 nitrogen and oxygen atoms in total. The summed E-state index contributed by atoms with van der Waals surface area (Å²) in [6, 6.07) is 27.4. The fraction of sp³-hybridized carbons (Fsp3) is 0.0909. The minimum absolute atomic E-state index is 0.221. The highest BCUT2D eigenvalue weighted by Crippen LogP contribution is 2.36. The van der Waals surface area contributed by atoms with Gasteiger partial charge in [-0.3, -0.25) is 0 Å². The monoisotopic (exact) mass is 334 g/mol. The summed E-state index contributed by atoms with van der Waals surface area (Å²) in [5.41, 5.74) is 2.89. The van der Waals surface area contributed by atoms with Gasteiger partial charge in [-0.05, 0) is 22.8 Å². The summed E-state index contributed by atoms with van der Waals surface area (Å²) < 4.78 is 0. The lowest BCUT2D eigenvalue weighted by molar-refractivity contribution is 0.162. The van der Waals surface area contributed by atoms with E-state index in [1.165, 1.54) is 0 Å². The first-order valence-corrected chi connectivity index (χ1v) is 8.34. The zero-order valence-electron chi connectivity index (χ0n) is 13.2. The average Bonchev–Trinajstić information content (AvgIpc) is 2.64. The van der Waals surface area contributed by atoms with Crippen LogP contribution in [0, 0.1) is 0 Å². The first-order chi connectivity index (χ1) is 11.8. The molecule has 0 heterocycles. The van der Waals surface area contributed by atoms with Crippen LogP contribution < -0.4 is 0 Å². The van der Waals surface area contributed by atoms with Crippen molar-refractivity contribution in [3.05, 3.63) is 113 Å². The number of halogens is 1. The maximum Gasteiger partial charge on any atom is 0.0893 e. The van der Waals surface area contributed by atoms with E-state index in [1.54, 1.807) is 0 Å². The lowest BCUT2D eigenvalue weighted by atomic mass is 9.88. The molecular weight excluding hydrogens is 316 g/mol. The molecule has 0 spiro atoms. The predicted octanol–water partition coefficient (Wildman–Crippen LogP) is 5.87. The van der Waals surface area contributed by atoms with Crippen molar-refractivity contribution in [1.29, 1.82) is 0 Å². The van der Waals surface area contributed by atoms with Crippen LogP contribution in [-0.4, -0.2) is 5.11 Å². The molecule has 0 saturated carbocycles. The number of rotatable bonds is 5. The summed E-state index contributed by atoms with van der Waals surface area (Å²) >= 11 is 6.39. The summed E-state index contributed by atoms with van der Waals surface area (Å²) in [4.78, 5) is 0. The Morgan fingerprint density at radius 1 is 0.750 bits per heavy atom. The van der Waals surface area contributed by atoms with Crippen molar-refractivity contribution in [3.8, 4) is 0 Å². The Labute approximate surface area is 147 Å². The van der Waals surface area contributed by atoms with Gasteiger partial charge in [-0.25, -0.2) is 0 Å². The van der Waals surface area contributed by atoms with E-state index in [1.807, 2.05) is 97.1 Å². The molecule has 0 aliphatic rings. The SMILES string of the molecule is O[C@@H](c1ccccc1)[C@@H](C=Cc1ccccc1)c1ccccc1Cl. The molecule has 120 valence electrons. The molecule has 0 bridgehead atoms. The molecule has 2 heteroatoms. The predicted molar refractivity (Wildman–Crippen MR) is 101 cm³/mol. The van der Waals surface area contributed by atoms with Crippen LogP contribution in [0.2, 0.25) is 5.02 Å². The van der Waals surface area contributed by atoms with Crippen molar-refractivity contribution in [1.82, 2.24) is 0 Å². The summed E-state index contributed by atoms with van der Waals surface area (Å²) in [6.45, 7) is 0. The lowest BCUT2D eigenvalue weighted by Gasteiger charge is -2.22. The van der Waals surface area contributed by atoms with Gasteiger partial charge in [0.25, 0.3) is 0 Å². The molecule has 24 heavy (non-hydrogen) atoms. The third kappa shape index (κ3) is 3.94. The molecule has 0 aliphatic heterocycles. The van der Waals surface area contributed by atoms with E-state index in [2.05, 4.69) is 0 Å². The first-order valence-electron chi connectivity index (χ1n) is 7.96. The van der Waals surface area contributed by atoms with E-state index in [-0.39, 0.29) is 5.92 Å². The second kappa shape index (κ2) is 7.96. The minimum Gasteiger partial charge on any atom is -0.387 e. The molecule has 1 N–H and O–H groups in total. The standard InChI is InChI=1S/C22H19ClO/c23-21-14-8-7-13-19(21)20(16-15-17-9-3-1-4-10-17)22(24)18-11-5-2-6-12-18/h1-16,20,22,24H/t20-,22-/m0/s1. The highest BCUT2D eigenvalue weighted by atomic mass is 35.5. The first kappa shape index (κ1) is 16.5. The van der Waals surface area contributed by atoms with E-state index in [9.17, 15) is 5.11 Å². The maximum absolute atomic E-state index is 10.9. The van der Waals surface area contributed by atoms with Crippen molar-refractivity contribution in [2.75, 3.05) is 0 Å². The molecule has 3 aromatic rings. The topological polar surface area (TPSA) is 20.2 Å². The third-order valence-corrected chi connectivity index (χ3v) is 4.39. The molecular formula is C22H19ClO. The smallest absolute Gasteiger partial charge is 0.0893 e. The molecule has 2 atom stereocenters. The van der Waals surface area contributed by atoms with Crippen LogP contribution >= 0.6 is 11.6 Å². The number of aliphatic hydroxyl groups excluding tert-OH is 1. The average molecular weight is 335 g/mol. The molecule has 0 radical (unpaired) electrons. The lowest BCUT2D eigenvalue weighted by Crippen LogP contribution is -2.09. The van der Waals surface area contributed by atoms with Gasteiger partial charge >= 0.3 is 0 Å². The van der Waals surface area contributed by atoms with Crippen LogP contribution in [0.5, 0.6) is 0 Å². The van der Waals surface area contributed by atoms with E-state index in [0.717, 1.165) is 16.7 Å². The van der Waals surface area contributed by atoms with E-state index >= 15 is 0 Å². The fourth-order valence-electron chi connectivity index (χ4n) is 2.76. The summed E-state index contributed by atoms with van der Waals surface area (Å²) in [5, 5.41) is 11.6. The van der Waals surface area contributed by atoms with Gasteiger partial charge in [-0.1, -0.05) is 103 Å². The largest absolute Gasteiger partial charge is 0.387 e. The van der Waals surface area contributed by atoms with Gasteiger partial charge in [0.15, 0.2) is 0 Å². The van der Waals surface area contributed by atoms with Crippen molar-refractivity contribution in [2.24, 2.45) is 0 Å². The van der Waals surface area contributed by atoms with E-state index < -0.39 is 6.10 Å². The second-order valence-corrected chi connectivity index (χ2v) is 6.08. The van der Waals surface area contributed by atoms with Crippen LogP contribution in [0.25, 0.3) is 6.08 Å². The molecule has 0 unspecified atom stereocenters. The van der Waals surface area contributed by atoms with Crippen LogP contribution in [0.15, 0.2) is 91.0 Å². The van der Waals surface area contributed by atoms with Crippen LogP contribution in [0.3, 0.4) is 0 Å². The normalized spacial score (nSPS) is 13.8. The molecule has 0 amide bonds. The van der Waals surface area contributed by atoms with Gasteiger partial charge in [0.2, 0.25) is 0 Å². The van der Waals surface area contributed by atoms with E-state index in [0.29, 0.717) is 5.02 Å². The number of hydrogen-bond donors (Lipinski definition) is 1. The quantitative estimate of drug-likeness (QED) is 0.618. The third-order valence-electron chi connectivity index (χ3n) is 4.04. The Morgan fingerprint density at radius 3 is 2.00 bits per heavy atom. The van der Waals surface area contributed by atoms with Gasteiger partial charge in [0.05, 0.1) is 6.10 Å². The van der Waals surface area contributed by atoms with Crippen molar-refractivity contribution >= 4 is 17.7 Å². The summed E-state index contributed by atoms with van der Waals surface area (Å²) in [7, 11) is 0. The second-order valence-electron chi connectivity index (χ2n) is 5.67. The Balaban J connectivity index is 1.98. The zero-order valence-corrected chi connectivity index (χ0v) is 14.0. The van der Waals surface area contributed by atoms with Gasteiger partial charge in [-0.2, -0.15) is 0 Å². The van der Waals surface area contributed by atoms with Crippen LogP contribution in [0.1, 0.15) is 28.7 Å². The summed E-state index contributed by atoms with van der Waals surface area (Å²) in [5.74, 6) is -0.221. The van der Waals surface area contributed by atoms with Crippen molar-refractivity contribution < 1.29 is 5.11 Å². The van der Waals surface area contributed by atoms with Gasteiger partial charge in [-0.15, -0.1) is 0 Å². The number of hydrogen-bond acceptors (Lipinski definition) is 1. The Hall–Kier alpha value is -2.35. The Bertz CT molecular complexity index is 796. The molecule has 3 rings (SSSR count). The Kier molecular flexibility index (Phi) is 5.47. The highest BCUT2D eigenvalue weighted by molar-refractivity contribution is 6.31. The minimum atomic E-state index is -0.661. The summed E-state index contributed by atoms with van der Waals surface area (Å²) in [6.07, 6.45) is 3.39. The van der Waals surface area contributed by atoms with Crippen molar-refractivity contribution in [3.63, 3.8) is 0 Å². The number of benzene rings is 3. The van der Waals surface area contributed by atoms with Gasteiger partial charge in [0.1, 0.15) is 0 Å². The Morgan fingerprint density at radius 2 is 1.33 bits per heavy atom. The van der Waals surface area contributed by atoms with Crippen LogP contribution in [-0.2, 0) is 0 Å². The maximum atomic E-state index is 10.9. The molecule has 0 fully saturated rings. The van der Waals surface area contributed by atoms with Gasteiger partial charge < -0.3 is 5.11 Å². The van der Waals surface area contributed by atoms with Crippen molar-refractivity contribution in [2.45, 2.75) is 12.0 Å². The zero-order chi connectivity index (χ0) is 16.8.